The van der Waals surface area contributed by atoms with Crippen molar-refractivity contribution in [3.05, 3.63) is 40.4 Å². The van der Waals surface area contributed by atoms with Crippen LogP contribution < -0.4 is 5.56 Å². The van der Waals surface area contributed by atoms with Gasteiger partial charge in [0, 0.05) is 6.54 Å². The van der Waals surface area contributed by atoms with Gasteiger partial charge in [-0.2, -0.15) is 0 Å². The van der Waals surface area contributed by atoms with Crippen LogP contribution in [0.5, 0.6) is 0 Å². The highest BCUT2D eigenvalue weighted by molar-refractivity contribution is 6.20. The van der Waals surface area contributed by atoms with Gasteiger partial charge >= 0.3 is 0 Å². The first kappa shape index (κ1) is 14.6. The fourth-order valence-electron chi connectivity index (χ4n) is 3.32. The van der Waals surface area contributed by atoms with Crippen LogP contribution in [0.4, 0.5) is 0 Å². The lowest BCUT2D eigenvalue weighted by molar-refractivity contribution is 0.444. The molecular weight excluding hydrogens is 284 g/mol. The molecule has 3 nitrogen and oxygen atoms in total. The Bertz CT molecular complexity index is 687. The highest BCUT2D eigenvalue weighted by atomic mass is 35.5. The van der Waals surface area contributed by atoms with E-state index in [1.165, 1.54) is 25.7 Å². The number of alkyl halides is 1. The van der Waals surface area contributed by atoms with Crippen molar-refractivity contribution in [1.82, 2.24) is 9.55 Å². The summed E-state index contributed by atoms with van der Waals surface area (Å²) < 4.78 is 1.79. The van der Waals surface area contributed by atoms with E-state index >= 15 is 0 Å². The summed E-state index contributed by atoms with van der Waals surface area (Å²) in [5.41, 5.74) is 0.781. The second kappa shape index (κ2) is 6.18. The van der Waals surface area contributed by atoms with Crippen LogP contribution in [0, 0.1) is 5.92 Å². The summed E-state index contributed by atoms with van der Waals surface area (Å²) in [5.74, 6) is 1.44. The first-order valence-electron chi connectivity index (χ1n) is 7.80. The molecule has 1 aliphatic rings. The van der Waals surface area contributed by atoms with Crippen LogP contribution in [0.25, 0.3) is 10.9 Å². The van der Waals surface area contributed by atoms with Crippen molar-refractivity contribution in [2.24, 2.45) is 5.92 Å². The average molecular weight is 305 g/mol. The van der Waals surface area contributed by atoms with Crippen molar-refractivity contribution in [2.75, 3.05) is 0 Å². The molecule has 1 atom stereocenters. The molecule has 0 aliphatic heterocycles. The summed E-state index contributed by atoms with van der Waals surface area (Å²) in [6.07, 6.45) is 6.29. The van der Waals surface area contributed by atoms with E-state index in [1.54, 1.807) is 4.57 Å². The monoisotopic (exact) mass is 304 g/mol. The van der Waals surface area contributed by atoms with Crippen molar-refractivity contribution < 1.29 is 0 Å². The molecule has 2 aromatic rings. The zero-order valence-corrected chi connectivity index (χ0v) is 13.1. The second-order valence-corrected chi connectivity index (χ2v) is 6.65. The number of benzene rings is 1. The normalized spacial score (nSPS) is 17.4. The number of rotatable bonds is 4. The molecular formula is C17H21ClN2O. The Morgan fingerprint density at radius 3 is 2.76 bits per heavy atom. The Morgan fingerprint density at radius 2 is 2.05 bits per heavy atom. The molecule has 1 heterocycles. The first-order valence-corrected chi connectivity index (χ1v) is 8.24. The van der Waals surface area contributed by atoms with Gasteiger partial charge in [-0.25, -0.2) is 4.98 Å². The molecule has 1 fully saturated rings. The molecule has 1 aromatic carbocycles. The van der Waals surface area contributed by atoms with E-state index in [0.29, 0.717) is 11.2 Å². The van der Waals surface area contributed by atoms with Gasteiger partial charge in [-0.15, -0.1) is 11.6 Å². The number of hydrogen-bond donors (Lipinski definition) is 0. The zero-order chi connectivity index (χ0) is 14.8. The number of nitrogens with zero attached hydrogens (tertiary/aromatic N) is 2. The minimum atomic E-state index is -0.258. The van der Waals surface area contributed by atoms with Crippen LogP contribution >= 0.6 is 11.6 Å². The summed E-state index contributed by atoms with van der Waals surface area (Å²) >= 11 is 6.25. The van der Waals surface area contributed by atoms with Gasteiger partial charge in [-0.3, -0.25) is 9.36 Å². The first-order chi connectivity index (χ1) is 10.2. The minimum absolute atomic E-state index is 0.0427. The van der Waals surface area contributed by atoms with Crippen LogP contribution in [0.15, 0.2) is 29.1 Å². The van der Waals surface area contributed by atoms with Crippen LogP contribution in [0.2, 0.25) is 0 Å². The van der Waals surface area contributed by atoms with E-state index in [4.69, 9.17) is 11.6 Å². The maximum Gasteiger partial charge on any atom is 0.261 e. The molecule has 1 unspecified atom stereocenters. The maximum absolute atomic E-state index is 12.7. The van der Waals surface area contributed by atoms with E-state index in [-0.39, 0.29) is 10.9 Å². The van der Waals surface area contributed by atoms with E-state index in [1.807, 2.05) is 31.2 Å². The third kappa shape index (κ3) is 2.98. The molecule has 0 radical (unpaired) electrons. The summed E-state index contributed by atoms with van der Waals surface area (Å²) in [6.45, 7) is 2.61. The smallest absolute Gasteiger partial charge is 0.261 e. The van der Waals surface area contributed by atoms with Gasteiger partial charge in [0.25, 0.3) is 5.56 Å². The topological polar surface area (TPSA) is 34.9 Å². The van der Waals surface area contributed by atoms with E-state index in [9.17, 15) is 4.79 Å². The number of hydrogen-bond acceptors (Lipinski definition) is 2. The van der Waals surface area contributed by atoms with Crippen LogP contribution in [-0.4, -0.2) is 9.55 Å². The van der Waals surface area contributed by atoms with Gasteiger partial charge in [0.05, 0.1) is 16.3 Å². The van der Waals surface area contributed by atoms with E-state index in [0.717, 1.165) is 24.4 Å². The summed E-state index contributed by atoms with van der Waals surface area (Å²) in [6, 6.07) is 7.51. The molecule has 112 valence electrons. The van der Waals surface area contributed by atoms with Gasteiger partial charge in [-0.05, 0) is 31.4 Å². The standard InChI is InChI=1S/C17H21ClN2O/c1-12(18)16-19-15-9-5-4-8-14(15)17(21)20(16)11-10-13-6-2-3-7-13/h4-5,8-9,12-13H,2-3,6-7,10-11H2,1H3. The lowest BCUT2D eigenvalue weighted by Crippen LogP contribution is -2.26. The fraction of sp³-hybridized carbons (Fsp3) is 0.529. The largest absolute Gasteiger partial charge is 0.295 e. The SMILES string of the molecule is CC(Cl)c1nc2ccccc2c(=O)n1CCC1CCCC1. The van der Waals surface area contributed by atoms with Gasteiger partial charge in [-0.1, -0.05) is 37.8 Å². The van der Waals surface area contributed by atoms with Crippen molar-refractivity contribution in [1.29, 1.82) is 0 Å². The number of fused-ring (bicyclic) bond motifs is 1. The lowest BCUT2D eigenvalue weighted by Gasteiger charge is -2.16. The zero-order valence-electron chi connectivity index (χ0n) is 12.4. The van der Waals surface area contributed by atoms with Gasteiger partial charge in [0.2, 0.25) is 0 Å². The van der Waals surface area contributed by atoms with Crippen molar-refractivity contribution in [3.8, 4) is 0 Å². The Morgan fingerprint density at radius 1 is 1.33 bits per heavy atom. The minimum Gasteiger partial charge on any atom is -0.295 e. The lowest BCUT2D eigenvalue weighted by atomic mass is 10.0. The Balaban J connectivity index is 1.99. The highest BCUT2D eigenvalue weighted by Crippen LogP contribution is 2.28. The molecule has 0 N–H and O–H groups in total. The molecule has 0 saturated heterocycles. The second-order valence-electron chi connectivity index (χ2n) is 6.00. The van der Waals surface area contributed by atoms with Crippen molar-refractivity contribution in [3.63, 3.8) is 0 Å². The van der Waals surface area contributed by atoms with Crippen LogP contribution in [0.1, 0.15) is 50.2 Å². The molecule has 1 aliphatic carbocycles. The molecule has 0 amide bonds. The Kier molecular flexibility index (Phi) is 4.29. The average Bonchev–Trinajstić information content (AvgIpc) is 2.99. The Hall–Kier alpha value is -1.35. The van der Waals surface area contributed by atoms with Gasteiger partial charge < -0.3 is 0 Å². The maximum atomic E-state index is 12.7. The Labute approximate surface area is 130 Å². The predicted octanol–water partition coefficient (Wildman–Crippen LogP) is 4.28. The summed E-state index contributed by atoms with van der Waals surface area (Å²) in [4.78, 5) is 17.3. The predicted molar refractivity (Wildman–Crippen MR) is 86.8 cm³/mol. The number of aromatic nitrogens is 2. The molecule has 3 rings (SSSR count). The third-order valence-corrected chi connectivity index (χ3v) is 4.68. The quantitative estimate of drug-likeness (QED) is 0.790. The van der Waals surface area contributed by atoms with E-state index in [2.05, 4.69) is 4.98 Å². The van der Waals surface area contributed by atoms with Crippen molar-refractivity contribution >= 4 is 22.5 Å². The van der Waals surface area contributed by atoms with Crippen LogP contribution in [0.3, 0.4) is 0 Å². The molecule has 4 heteroatoms. The molecule has 21 heavy (non-hydrogen) atoms. The molecule has 1 saturated carbocycles. The highest BCUT2D eigenvalue weighted by Gasteiger charge is 2.18. The summed E-state index contributed by atoms with van der Waals surface area (Å²) in [5, 5.41) is 0.427. The number of para-hydroxylation sites is 1. The van der Waals surface area contributed by atoms with Crippen LogP contribution in [-0.2, 0) is 6.54 Å². The molecule has 0 spiro atoms. The van der Waals surface area contributed by atoms with E-state index < -0.39 is 0 Å². The fourth-order valence-corrected chi connectivity index (χ4v) is 3.48. The van der Waals surface area contributed by atoms with Gasteiger partial charge in [0.1, 0.15) is 5.82 Å². The van der Waals surface area contributed by atoms with Gasteiger partial charge in [0.15, 0.2) is 0 Å². The number of halogens is 1. The summed E-state index contributed by atoms with van der Waals surface area (Å²) in [7, 11) is 0. The molecule has 1 aromatic heterocycles. The third-order valence-electron chi connectivity index (χ3n) is 4.48. The van der Waals surface area contributed by atoms with Crippen molar-refractivity contribution in [2.45, 2.75) is 50.9 Å². The molecule has 0 bridgehead atoms.